The van der Waals surface area contributed by atoms with Crippen molar-refractivity contribution in [3.05, 3.63) is 62.5 Å². The van der Waals surface area contributed by atoms with Gasteiger partial charge in [-0.3, -0.25) is 4.98 Å². The van der Waals surface area contributed by atoms with Crippen LogP contribution in [0.1, 0.15) is 24.2 Å². The van der Waals surface area contributed by atoms with Crippen molar-refractivity contribution >= 4 is 31.9 Å². The highest BCUT2D eigenvalue weighted by Gasteiger charge is 2.17. The van der Waals surface area contributed by atoms with Gasteiger partial charge in [0, 0.05) is 15.1 Å². The normalized spacial score (nSPS) is 12.4. The van der Waals surface area contributed by atoms with Crippen molar-refractivity contribution in [1.82, 2.24) is 10.3 Å². The van der Waals surface area contributed by atoms with Crippen molar-refractivity contribution in [3.63, 3.8) is 0 Å². The van der Waals surface area contributed by atoms with Crippen LogP contribution in [-0.4, -0.2) is 11.5 Å². The molecule has 1 unspecified atom stereocenters. The number of pyridine rings is 1. The molecule has 2 aromatic rings. The summed E-state index contributed by atoms with van der Waals surface area (Å²) in [6.45, 7) is 2.82. The lowest BCUT2D eigenvalue weighted by Crippen LogP contribution is -2.24. The average molecular weight is 402 g/mol. The van der Waals surface area contributed by atoms with Crippen LogP contribution in [0.15, 0.2) is 45.5 Å². The molecule has 20 heavy (non-hydrogen) atoms. The molecular formula is C15H15Br2FN2. The van der Waals surface area contributed by atoms with Crippen LogP contribution in [0, 0.1) is 5.82 Å². The molecule has 0 radical (unpaired) electrons. The number of nitrogens with zero attached hydrogens (tertiary/aromatic N) is 1. The monoisotopic (exact) mass is 400 g/mol. The summed E-state index contributed by atoms with van der Waals surface area (Å²) in [6.07, 6.45) is 2.30. The summed E-state index contributed by atoms with van der Waals surface area (Å²) in [5.74, 6) is -0.192. The van der Waals surface area contributed by atoms with Gasteiger partial charge in [0.25, 0.3) is 0 Å². The lowest BCUT2D eigenvalue weighted by Gasteiger charge is -2.19. The third kappa shape index (κ3) is 3.87. The van der Waals surface area contributed by atoms with E-state index in [0.29, 0.717) is 12.0 Å². The number of nitrogens with one attached hydrogen (secondary N) is 1. The molecule has 1 aromatic heterocycles. The van der Waals surface area contributed by atoms with Crippen LogP contribution in [0.5, 0.6) is 0 Å². The van der Waals surface area contributed by atoms with Crippen LogP contribution in [0.25, 0.3) is 0 Å². The zero-order chi connectivity index (χ0) is 14.5. The summed E-state index contributed by atoms with van der Waals surface area (Å²) >= 11 is 6.89. The van der Waals surface area contributed by atoms with Crippen molar-refractivity contribution in [3.8, 4) is 0 Å². The van der Waals surface area contributed by atoms with Gasteiger partial charge in [0.15, 0.2) is 0 Å². The van der Waals surface area contributed by atoms with Crippen molar-refractivity contribution < 1.29 is 4.39 Å². The zero-order valence-electron chi connectivity index (χ0n) is 11.0. The molecule has 0 amide bonds. The average Bonchev–Trinajstić information content (AvgIpc) is 2.43. The quantitative estimate of drug-likeness (QED) is 0.789. The molecule has 106 valence electrons. The number of halogens is 3. The fraction of sp³-hybridized carbons (Fsp3) is 0.267. The third-order valence-corrected chi connectivity index (χ3v) is 4.16. The van der Waals surface area contributed by atoms with Gasteiger partial charge in [0.1, 0.15) is 5.82 Å². The number of hydrogen-bond donors (Lipinski definition) is 1. The first-order valence-corrected chi connectivity index (χ1v) is 7.98. The Hall–Kier alpha value is -0.780. The van der Waals surface area contributed by atoms with Crippen molar-refractivity contribution in [2.24, 2.45) is 0 Å². The number of benzene rings is 1. The molecule has 2 rings (SSSR count). The van der Waals surface area contributed by atoms with E-state index in [2.05, 4.69) is 42.2 Å². The Bertz CT molecular complexity index is 590. The second-order valence-electron chi connectivity index (χ2n) is 4.42. The fourth-order valence-corrected chi connectivity index (χ4v) is 3.03. The van der Waals surface area contributed by atoms with Crippen LogP contribution >= 0.6 is 31.9 Å². The summed E-state index contributed by atoms with van der Waals surface area (Å²) in [5.41, 5.74) is 1.57. The van der Waals surface area contributed by atoms with Crippen LogP contribution in [0.4, 0.5) is 4.39 Å². The maximum atomic E-state index is 13.9. The molecule has 0 aliphatic carbocycles. The minimum Gasteiger partial charge on any atom is -0.309 e. The molecule has 1 atom stereocenters. The molecule has 1 heterocycles. The van der Waals surface area contributed by atoms with E-state index in [4.69, 9.17) is 0 Å². The van der Waals surface area contributed by atoms with Gasteiger partial charge in [-0.2, -0.15) is 0 Å². The van der Waals surface area contributed by atoms with Gasteiger partial charge in [0.2, 0.25) is 0 Å². The Balaban J connectivity index is 2.30. The molecular weight excluding hydrogens is 387 g/mol. The Morgan fingerprint density at radius 1 is 1.30 bits per heavy atom. The summed E-state index contributed by atoms with van der Waals surface area (Å²) in [5, 5.41) is 3.36. The van der Waals surface area contributed by atoms with Gasteiger partial charge in [-0.1, -0.05) is 22.9 Å². The molecule has 0 bridgehead atoms. The van der Waals surface area contributed by atoms with E-state index in [-0.39, 0.29) is 11.9 Å². The van der Waals surface area contributed by atoms with E-state index in [1.165, 1.54) is 6.07 Å². The predicted octanol–water partition coefficient (Wildman–Crippen LogP) is 4.64. The van der Waals surface area contributed by atoms with Crippen LogP contribution < -0.4 is 5.32 Å². The number of hydrogen-bond acceptors (Lipinski definition) is 2. The Kier molecular flexibility index (Phi) is 5.69. The van der Waals surface area contributed by atoms with Gasteiger partial charge >= 0.3 is 0 Å². The highest BCUT2D eigenvalue weighted by Crippen LogP contribution is 2.26. The maximum absolute atomic E-state index is 13.9. The minimum atomic E-state index is -0.192. The largest absolute Gasteiger partial charge is 0.309 e. The van der Waals surface area contributed by atoms with E-state index in [1.807, 2.05) is 25.1 Å². The van der Waals surface area contributed by atoms with E-state index in [0.717, 1.165) is 21.2 Å². The third-order valence-electron chi connectivity index (χ3n) is 3.00. The van der Waals surface area contributed by atoms with Crippen molar-refractivity contribution in [2.75, 3.05) is 6.54 Å². The maximum Gasteiger partial charge on any atom is 0.126 e. The zero-order valence-corrected chi connectivity index (χ0v) is 14.2. The first-order valence-electron chi connectivity index (χ1n) is 6.39. The molecule has 0 aliphatic heterocycles. The SMILES string of the molecule is CCNC(Cc1cc(Br)ccc1F)c1ncccc1Br. The molecule has 0 fully saturated rings. The summed E-state index contributed by atoms with van der Waals surface area (Å²) < 4.78 is 15.7. The van der Waals surface area contributed by atoms with E-state index >= 15 is 0 Å². The van der Waals surface area contributed by atoms with E-state index < -0.39 is 0 Å². The first-order chi connectivity index (χ1) is 9.61. The first kappa shape index (κ1) is 15.6. The van der Waals surface area contributed by atoms with Crippen LogP contribution in [0.2, 0.25) is 0 Å². The van der Waals surface area contributed by atoms with Gasteiger partial charge in [-0.05, 0) is 64.8 Å². The molecule has 1 aromatic carbocycles. The highest BCUT2D eigenvalue weighted by atomic mass is 79.9. The second-order valence-corrected chi connectivity index (χ2v) is 6.19. The molecule has 0 aliphatic rings. The topological polar surface area (TPSA) is 24.9 Å². The number of aromatic nitrogens is 1. The summed E-state index contributed by atoms with van der Waals surface area (Å²) in [4.78, 5) is 4.40. The Morgan fingerprint density at radius 2 is 2.10 bits per heavy atom. The minimum absolute atomic E-state index is 0.0284. The van der Waals surface area contributed by atoms with Gasteiger partial charge in [-0.25, -0.2) is 4.39 Å². The van der Waals surface area contributed by atoms with Gasteiger partial charge in [-0.15, -0.1) is 0 Å². The molecule has 0 saturated carbocycles. The predicted molar refractivity (Wildman–Crippen MR) is 86.2 cm³/mol. The Morgan fingerprint density at radius 3 is 2.80 bits per heavy atom. The van der Waals surface area contributed by atoms with E-state index in [1.54, 1.807) is 12.3 Å². The smallest absolute Gasteiger partial charge is 0.126 e. The van der Waals surface area contributed by atoms with Crippen LogP contribution in [-0.2, 0) is 6.42 Å². The molecule has 0 saturated heterocycles. The van der Waals surface area contributed by atoms with Crippen molar-refractivity contribution in [2.45, 2.75) is 19.4 Å². The standard InChI is InChI=1S/C15H15Br2FN2/c1-2-19-14(15-12(17)4-3-7-20-15)9-10-8-11(16)5-6-13(10)18/h3-8,14,19H,2,9H2,1H3. The molecule has 1 N–H and O–H groups in total. The summed E-state index contributed by atoms with van der Waals surface area (Å²) in [7, 11) is 0. The van der Waals surface area contributed by atoms with Gasteiger partial charge in [0.05, 0.1) is 11.7 Å². The van der Waals surface area contributed by atoms with E-state index in [9.17, 15) is 4.39 Å². The lowest BCUT2D eigenvalue weighted by molar-refractivity contribution is 0.516. The number of likely N-dealkylation sites (N-methyl/N-ethyl adjacent to an activating group) is 1. The highest BCUT2D eigenvalue weighted by molar-refractivity contribution is 9.10. The summed E-state index contributed by atoms with van der Waals surface area (Å²) in [6, 6.07) is 8.80. The number of rotatable bonds is 5. The lowest BCUT2D eigenvalue weighted by atomic mass is 10.0. The second kappa shape index (κ2) is 7.29. The fourth-order valence-electron chi connectivity index (χ4n) is 2.09. The molecule has 5 heteroatoms. The van der Waals surface area contributed by atoms with Crippen molar-refractivity contribution in [1.29, 1.82) is 0 Å². The van der Waals surface area contributed by atoms with Crippen LogP contribution in [0.3, 0.4) is 0 Å². The van der Waals surface area contributed by atoms with Gasteiger partial charge < -0.3 is 5.32 Å². The Labute approximate surface area is 135 Å². The molecule has 2 nitrogen and oxygen atoms in total. The molecule has 0 spiro atoms.